The maximum absolute atomic E-state index is 5.86. The van der Waals surface area contributed by atoms with E-state index in [1.54, 1.807) is 12.1 Å². The number of hydrogen-bond donors (Lipinski definition) is 2. The van der Waals surface area contributed by atoms with Gasteiger partial charge in [-0.3, -0.25) is 0 Å². The molecule has 0 aliphatic carbocycles. The Morgan fingerprint density at radius 1 is 1.45 bits per heavy atom. The summed E-state index contributed by atoms with van der Waals surface area (Å²) in [6.07, 6.45) is 0. The van der Waals surface area contributed by atoms with Gasteiger partial charge in [-0.25, -0.2) is 0 Å². The second kappa shape index (κ2) is 3.11. The minimum Gasteiger partial charge on any atom is -0.399 e. The fourth-order valence-corrected chi connectivity index (χ4v) is 1.27. The fourth-order valence-electron chi connectivity index (χ4n) is 0.913. The Morgan fingerprint density at radius 3 is 2.55 bits per heavy atom. The molecule has 0 saturated carbocycles. The van der Waals surface area contributed by atoms with Crippen LogP contribution in [0.5, 0.6) is 0 Å². The third-order valence-corrected chi connectivity index (χ3v) is 1.84. The van der Waals surface area contributed by atoms with Crippen molar-refractivity contribution in [2.45, 2.75) is 13.0 Å². The summed E-state index contributed by atoms with van der Waals surface area (Å²) < 4.78 is 0. The lowest BCUT2D eigenvalue weighted by Gasteiger charge is -2.07. The van der Waals surface area contributed by atoms with Crippen molar-refractivity contribution < 1.29 is 0 Å². The first kappa shape index (κ1) is 8.37. The number of rotatable bonds is 1. The number of nitrogen functional groups attached to an aromatic ring is 1. The second-order valence-electron chi connectivity index (χ2n) is 2.57. The maximum atomic E-state index is 5.86. The molecule has 1 aromatic carbocycles. The maximum Gasteiger partial charge on any atom is 0.0474 e. The molecule has 0 aromatic heterocycles. The molecule has 1 rings (SSSR count). The van der Waals surface area contributed by atoms with E-state index in [2.05, 4.69) is 0 Å². The lowest BCUT2D eigenvalue weighted by atomic mass is 10.1. The third kappa shape index (κ3) is 1.85. The average molecular weight is 171 g/mol. The van der Waals surface area contributed by atoms with E-state index in [9.17, 15) is 0 Å². The summed E-state index contributed by atoms with van der Waals surface area (Å²) in [6, 6.07) is 5.32. The van der Waals surface area contributed by atoms with Gasteiger partial charge in [0, 0.05) is 16.8 Å². The van der Waals surface area contributed by atoms with Crippen molar-refractivity contribution in [2.75, 3.05) is 5.73 Å². The van der Waals surface area contributed by atoms with Crippen LogP contribution in [0.25, 0.3) is 0 Å². The quantitative estimate of drug-likeness (QED) is 0.633. The Morgan fingerprint density at radius 2 is 2.09 bits per heavy atom. The zero-order valence-electron chi connectivity index (χ0n) is 6.34. The fraction of sp³-hybridized carbons (Fsp3) is 0.250. The van der Waals surface area contributed by atoms with Crippen LogP contribution in [0.15, 0.2) is 18.2 Å². The number of nitrogens with two attached hydrogens (primary N) is 2. The molecular formula is C8H11ClN2. The first-order valence-electron chi connectivity index (χ1n) is 3.42. The van der Waals surface area contributed by atoms with Gasteiger partial charge in [-0.15, -0.1) is 0 Å². The van der Waals surface area contributed by atoms with Crippen molar-refractivity contribution in [1.29, 1.82) is 0 Å². The van der Waals surface area contributed by atoms with Crippen LogP contribution < -0.4 is 11.5 Å². The molecule has 0 aliphatic rings. The van der Waals surface area contributed by atoms with Crippen LogP contribution in [-0.4, -0.2) is 0 Å². The summed E-state index contributed by atoms with van der Waals surface area (Å²) >= 11 is 5.86. The van der Waals surface area contributed by atoms with Gasteiger partial charge in [0.05, 0.1) is 0 Å². The van der Waals surface area contributed by atoms with E-state index in [1.165, 1.54) is 0 Å². The molecule has 0 spiro atoms. The van der Waals surface area contributed by atoms with Crippen LogP contribution >= 0.6 is 11.6 Å². The number of benzene rings is 1. The highest BCUT2D eigenvalue weighted by Gasteiger charge is 2.03. The largest absolute Gasteiger partial charge is 0.399 e. The normalized spacial score (nSPS) is 13.0. The molecule has 0 aliphatic heterocycles. The third-order valence-electron chi connectivity index (χ3n) is 1.52. The Bertz CT molecular complexity index is 258. The molecule has 0 bridgehead atoms. The van der Waals surface area contributed by atoms with E-state index in [0.717, 1.165) is 5.56 Å². The van der Waals surface area contributed by atoms with Crippen molar-refractivity contribution in [1.82, 2.24) is 0 Å². The highest BCUT2D eigenvalue weighted by atomic mass is 35.5. The first-order valence-corrected chi connectivity index (χ1v) is 3.79. The van der Waals surface area contributed by atoms with Crippen molar-refractivity contribution in [3.63, 3.8) is 0 Å². The smallest absolute Gasteiger partial charge is 0.0474 e. The second-order valence-corrected chi connectivity index (χ2v) is 2.98. The van der Waals surface area contributed by atoms with Gasteiger partial charge in [-0.2, -0.15) is 0 Å². The Labute approximate surface area is 71.1 Å². The SMILES string of the molecule is CC(N)c1ccc(N)cc1Cl. The van der Waals surface area contributed by atoms with E-state index >= 15 is 0 Å². The standard InChI is InChI=1S/C8H11ClN2/c1-5(10)7-3-2-6(11)4-8(7)9/h2-5H,10-11H2,1H3. The van der Waals surface area contributed by atoms with Gasteiger partial charge >= 0.3 is 0 Å². The molecule has 1 aromatic rings. The molecule has 0 amide bonds. The zero-order valence-corrected chi connectivity index (χ0v) is 7.10. The Kier molecular flexibility index (Phi) is 2.37. The summed E-state index contributed by atoms with van der Waals surface area (Å²) in [4.78, 5) is 0. The molecule has 60 valence electrons. The summed E-state index contributed by atoms with van der Waals surface area (Å²) in [6.45, 7) is 1.89. The lowest BCUT2D eigenvalue weighted by molar-refractivity contribution is 0.819. The highest BCUT2D eigenvalue weighted by molar-refractivity contribution is 6.31. The van der Waals surface area contributed by atoms with E-state index in [-0.39, 0.29) is 6.04 Å². The van der Waals surface area contributed by atoms with E-state index in [4.69, 9.17) is 23.1 Å². The van der Waals surface area contributed by atoms with Crippen molar-refractivity contribution in [2.24, 2.45) is 5.73 Å². The summed E-state index contributed by atoms with van der Waals surface area (Å²) in [5.41, 5.74) is 12.7. The Hall–Kier alpha value is -0.730. The van der Waals surface area contributed by atoms with Crippen LogP contribution in [0.2, 0.25) is 5.02 Å². The van der Waals surface area contributed by atoms with E-state index < -0.39 is 0 Å². The van der Waals surface area contributed by atoms with Gasteiger partial charge in [-0.1, -0.05) is 17.7 Å². The van der Waals surface area contributed by atoms with Crippen LogP contribution in [0.4, 0.5) is 5.69 Å². The van der Waals surface area contributed by atoms with Crippen molar-refractivity contribution in [3.05, 3.63) is 28.8 Å². The monoisotopic (exact) mass is 170 g/mol. The molecule has 2 nitrogen and oxygen atoms in total. The van der Waals surface area contributed by atoms with E-state index in [1.807, 2.05) is 13.0 Å². The van der Waals surface area contributed by atoms with Gasteiger partial charge in [0.1, 0.15) is 0 Å². The van der Waals surface area contributed by atoms with Gasteiger partial charge in [0.15, 0.2) is 0 Å². The van der Waals surface area contributed by atoms with Gasteiger partial charge in [0.25, 0.3) is 0 Å². The molecule has 0 saturated heterocycles. The minimum absolute atomic E-state index is 0.0388. The molecular weight excluding hydrogens is 160 g/mol. The lowest BCUT2D eigenvalue weighted by Crippen LogP contribution is -2.05. The molecule has 11 heavy (non-hydrogen) atoms. The summed E-state index contributed by atoms with van der Waals surface area (Å²) in [5, 5.41) is 0.639. The number of anilines is 1. The molecule has 3 heteroatoms. The minimum atomic E-state index is -0.0388. The molecule has 0 fully saturated rings. The first-order chi connectivity index (χ1) is 5.11. The van der Waals surface area contributed by atoms with Crippen molar-refractivity contribution >= 4 is 17.3 Å². The summed E-state index contributed by atoms with van der Waals surface area (Å²) in [5.74, 6) is 0. The van der Waals surface area contributed by atoms with Crippen molar-refractivity contribution in [3.8, 4) is 0 Å². The Balaban J connectivity index is 3.09. The van der Waals surface area contributed by atoms with Gasteiger partial charge in [0.2, 0.25) is 0 Å². The highest BCUT2D eigenvalue weighted by Crippen LogP contribution is 2.23. The average Bonchev–Trinajstić information content (AvgIpc) is 1.85. The predicted molar refractivity (Wildman–Crippen MR) is 48.5 cm³/mol. The number of halogens is 1. The topological polar surface area (TPSA) is 52.0 Å². The van der Waals surface area contributed by atoms with Crippen LogP contribution in [0, 0.1) is 0 Å². The predicted octanol–water partition coefficient (Wildman–Crippen LogP) is 1.94. The van der Waals surface area contributed by atoms with Gasteiger partial charge in [-0.05, 0) is 24.6 Å². The number of hydrogen-bond acceptors (Lipinski definition) is 2. The molecule has 1 atom stereocenters. The molecule has 0 radical (unpaired) electrons. The van der Waals surface area contributed by atoms with Gasteiger partial charge < -0.3 is 11.5 Å². The zero-order chi connectivity index (χ0) is 8.43. The van der Waals surface area contributed by atoms with Crippen LogP contribution in [0.3, 0.4) is 0 Å². The summed E-state index contributed by atoms with van der Waals surface area (Å²) in [7, 11) is 0. The molecule has 4 N–H and O–H groups in total. The van der Waals surface area contributed by atoms with Crippen LogP contribution in [0.1, 0.15) is 18.5 Å². The van der Waals surface area contributed by atoms with Crippen LogP contribution in [-0.2, 0) is 0 Å². The molecule has 0 heterocycles. The molecule has 1 unspecified atom stereocenters. The van der Waals surface area contributed by atoms with E-state index in [0.29, 0.717) is 10.7 Å².